The Balaban J connectivity index is 2.32. The first-order valence-electron chi connectivity index (χ1n) is 5.25. The zero-order valence-electron chi connectivity index (χ0n) is 9.62. The van der Waals surface area contributed by atoms with E-state index in [1.807, 2.05) is 26.2 Å². The first kappa shape index (κ1) is 9.83. The van der Waals surface area contributed by atoms with Crippen molar-refractivity contribution in [3.05, 3.63) is 30.4 Å². The van der Waals surface area contributed by atoms with Crippen molar-refractivity contribution in [2.45, 2.75) is 6.92 Å². The highest BCUT2D eigenvalue weighted by Gasteiger charge is 2.13. The van der Waals surface area contributed by atoms with Crippen LogP contribution in [0.2, 0.25) is 0 Å². The lowest BCUT2D eigenvalue weighted by Gasteiger charge is -2.07. The summed E-state index contributed by atoms with van der Waals surface area (Å²) in [6.07, 6.45) is 5.22. The molecular weight excluding hydrogens is 216 g/mol. The van der Waals surface area contributed by atoms with E-state index in [0.717, 1.165) is 22.5 Å². The van der Waals surface area contributed by atoms with Gasteiger partial charge in [-0.25, -0.2) is 9.50 Å². The molecule has 3 heterocycles. The molecule has 0 aliphatic rings. The molecule has 0 bridgehead atoms. The van der Waals surface area contributed by atoms with Crippen molar-refractivity contribution in [3.63, 3.8) is 0 Å². The fraction of sp³-hybridized carbons (Fsp3) is 0.182. The number of aromatic nitrogens is 5. The average molecular weight is 228 g/mol. The van der Waals surface area contributed by atoms with Gasteiger partial charge in [0, 0.05) is 18.8 Å². The van der Waals surface area contributed by atoms with Crippen molar-refractivity contribution >= 4 is 11.2 Å². The molecule has 0 amide bonds. The molecule has 0 aliphatic heterocycles. The number of nitrogen functional groups attached to an aromatic ring is 1. The lowest BCUT2D eigenvalue weighted by atomic mass is 10.1. The molecular formula is C11H12N6. The quantitative estimate of drug-likeness (QED) is 0.674. The maximum absolute atomic E-state index is 6.07. The lowest BCUT2D eigenvalue weighted by molar-refractivity contribution is 0.768. The van der Waals surface area contributed by atoms with Gasteiger partial charge in [-0.1, -0.05) is 0 Å². The third kappa shape index (κ3) is 1.37. The Kier molecular flexibility index (Phi) is 1.91. The Morgan fingerprint density at radius 1 is 1.29 bits per heavy atom. The second kappa shape index (κ2) is 3.31. The Labute approximate surface area is 97.7 Å². The van der Waals surface area contributed by atoms with Crippen LogP contribution in [-0.4, -0.2) is 24.4 Å². The number of aryl methyl sites for hydroxylation is 1. The van der Waals surface area contributed by atoms with Crippen molar-refractivity contribution < 1.29 is 0 Å². The second-order valence-electron chi connectivity index (χ2n) is 3.99. The molecule has 0 radical (unpaired) electrons. The summed E-state index contributed by atoms with van der Waals surface area (Å²) in [6.45, 7) is 1.94. The number of rotatable bonds is 1. The van der Waals surface area contributed by atoms with Gasteiger partial charge in [-0.05, 0) is 13.0 Å². The van der Waals surface area contributed by atoms with Crippen molar-refractivity contribution in [2.24, 2.45) is 7.05 Å². The minimum absolute atomic E-state index is 0.693. The molecule has 6 nitrogen and oxygen atoms in total. The zero-order valence-corrected chi connectivity index (χ0v) is 9.62. The number of anilines is 1. The van der Waals surface area contributed by atoms with E-state index in [9.17, 15) is 0 Å². The molecule has 17 heavy (non-hydrogen) atoms. The molecule has 0 aliphatic carbocycles. The molecule has 86 valence electrons. The van der Waals surface area contributed by atoms with Crippen LogP contribution in [0.15, 0.2) is 24.8 Å². The molecule has 0 aromatic carbocycles. The first-order valence-corrected chi connectivity index (χ1v) is 5.25. The van der Waals surface area contributed by atoms with Crippen LogP contribution in [0.5, 0.6) is 0 Å². The van der Waals surface area contributed by atoms with E-state index in [4.69, 9.17) is 5.73 Å². The van der Waals surface area contributed by atoms with Gasteiger partial charge in [0.1, 0.15) is 23.2 Å². The van der Waals surface area contributed by atoms with Gasteiger partial charge < -0.3 is 5.73 Å². The fourth-order valence-corrected chi connectivity index (χ4v) is 1.85. The van der Waals surface area contributed by atoms with Gasteiger partial charge in [0.05, 0.1) is 11.9 Å². The van der Waals surface area contributed by atoms with Gasteiger partial charge in [-0.15, -0.1) is 0 Å². The van der Waals surface area contributed by atoms with Crippen molar-refractivity contribution in [1.82, 2.24) is 24.4 Å². The maximum Gasteiger partial charge on any atom is 0.117 e. The summed E-state index contributed by atoms with van der Waals surface area (Å²) < 4.78 is 3.41. The molecule has 0 atom stereocenters. The molecule has 3 rings (SSSR count). The van der Waals surface area contributed by atoms with E-state index in [1.165, 1.54) is 0 Å². The van der Waals surface area contributed by atoms with Gasteiger partial charge in [0.25, 0.3) is 0 Å². The number of hydrogen-bond donors (Lipinski definition) is 1. The van der Waals surface area contributed by atoms with Crippen LogP contribution in [0.25, 0.3) is 16.9 Å². The maximum atomic E-state index is 6.07. The number of nitrogens with zero attached hydrogens (tertiary/aromatic N) is 5. The largest absolute Gasteiger partial charge is 0.397 e. The van der Waals surface area contributed by atoms with Crippen molar-refractivity contribution in [3.8, 4) is 11.4 Å². The predicted molar refractivity (Wildman–Crippen MR) is 64.3 cm³/mol. The molecule has 3 aromatic heterocycles. The molecule has 3 aromatic rings. The number of hydrogen-bond acceptors (Lipinski definition) is 4. The first-order chi connectivity index (χ1) is 8.16. The van der Waals surface area contributed by atoms with Crippen LogP contribution in [0.4, 0.5) is 5.69 Å². The van der Waals surface area contributed by atoms with E-state index in [1.54, 1.807) is 21.7 Å². The van der Waals surface area contributed by atoms with Crippen LogP contribution in [0.1, 0.15) is 5.56 Å². The minimum Gasteiger partial charge on any atom is -0.397 e. The summed E-state index contributed by atoms with van der Waals surface area (Å²) in [5, 5.41) is 8.82. The van der Waals surface area contributed by atoms with Crippen LogP contribution >= 0.6 is 0 Å². The third-order valence-electron chi connectivity index (χ3n) is 2.82. The fourth-order valence-electron chi connectivity index (χ4n) is 1.85. The van der Waals surface area contributed by atoms with E-state index < -0.39 is 0 Å². The smallest absolute Gasteiger partial charge is 0.117 e. The third-order valence-corrected chi connectivity index (χ3v) is 2.82. The molecule has 0 saturated carbocycles. The minimum atomic E-state index is 0.693. The Morgan fingerprint density at radius 3 is 2.82 bits per heavy atom. The summed E-state index contributed by atoms with van der Waals surface area (Å²) in [7, 11) is 1.87. The molecule has 0 spiro atoms. The van der Waals surface area contributed by atoms with Gasteiger partial charge in [0.15, 0.2) is 0 Å². The SMILES string of the molecule is Cc1c(-c2ccn(C)n2)nn2cncc2c1N. The van der Waals surface area contributed by atoms with Gasteiger partial charge in [0.2, 0.25) is 0 Å². The highest BCUT2D eigenvalue weighted by Crippen LogP contribution is 2.26. The van der Waals surface area contributed by atoms with Crippen LogP contribution < -0.4 is 5.73 Å². The molecule has 6 heteroatoms. The summed E-state index contributed by atoms with van der Waals surface area (Å²) in [4.78, 5) is 4.04. The van der Waals surface area contributed by atoms with E-state index >= 15 is 0 Å². The van der Waals surface area contributed by atoms with Gasteiger partial charge >= 0.3 is 0 Å². The van der Waals surface area contributed by atoms with Crippen molar-refractivity contribution in [1.29, 1.82) is 0 Å². The van der Waals surface area contributed by atoms with Crippen LogP contribution in [-0.2, 0) is 7.05 Å². The normalized spacial score (nSPS) is 11.2. The summed E-state index contributed by atoms with van der Waals surface area (Å²) >= 11 is 0. The molecule has 0 fully saturated rings. The predicted octanol–water partition coefficient (Wildman–Crippen LogP) is 1.02. The standard InChI is InChI=1S/C11H12N6/c1-7-10(12)9-5-13-6-17(9)15-11(7)8-3-4-16(2)14-8/h3-6H,12H2,1-2H3. The number of nitrogens with two attached hydrogens (primary N) is 1. The highest BCUT2D eigenvalue weighted by atomic mass is 15.3. The molecule has 2 N–H and O–H groups in total. The molecule has 0 saturated heterocycles. The topological polar surface area (TPSA) is 74.0 Å². The van der Waals surface area contributed by atoms with E-state index in [2.05, 4.69) is 15.2 Å². The number of imidazole rings is 1. The van der Waals surface area contributed by atoms with Crippen molar-refractivity contribution in [2.75, 3.05) is 5.73 Å². The monoisotopic (exact) mass is 228 g/mol. The van der Waals surface area contributed by atoms with Gasteiger partial charge in [-0.3, -0.25) is 4.68 Å². The van der Waals surface area contributed by atoms with E-state index in [0.29, 0.717) is 5.69 Å². The summed E-state index contributed by atoms with van der Waals surface area (Å²) in [5.74, 6) is 0. The number of fused-ring (bicyclic) bond motifs is 1. The van der Waals surface area contributed by atoms with Crippen LogP contribution in [0.3, 0.4) is 0 Å². The summed E-state index contributed by atoms with van der Waals surface area (Å²) in [6, 6.07) is 1.91. The van der Waals surface area contributed by atoms with E-state index in [-0.39, 0.29) is 0 Å². The Hall–Kier alpha value is -2.37. The Bertz CT molecular complexity index is 693. The highest BCUT2D eigenvalue weighted by molar-refractivity contribution is 5.77. The summed E-state index contributed by atoms with van der Waals surface area (Å²) in [5.41, 5.74) is 10.1. The Morgan fingerprint density at radius 2 is 2.12 bits per heavy atom. The molecule has 0 unspecified atom stereocenters. The van der Waals surface area contributed by atoms with Crippen LogP contribution in [0, 0.1) is 6.92 Å². The zero-order chi connectivity index (χ0) is 12.0. The lowest BCUT2D eigenvalue weighted by Crippen LogP contribution is -2.03. The average Bonchev–Trinajstić information content (AvgIpc) is 2.91. The van der Waals surface area contributed by atoms with Gasteiger partial charge in [-0.2, -0.15) is 10.2 Å². The second-order valence-corrected chi connectivity index (χ2v) is 3.99.